The van der Waals surface area contributed by atoms with E-state index in [1.807, 2.05) is 6.07 Å². The first-order valence-corrected chi connectivity index (χ1v) is 6.92. The molecule has 0 aliphatic rings. The number of methoxy groups -OCH3 is 1. The van der Waals surface area contributed by atoms with Gasteiger partial charge in [0.1, 0.15) is 17.9 Å². The lowest BCUT2D eigenvalue weighted by Gasteiger charge is -2.07. The Kier molecular flexibility index (Phi) is 4.01. The lowest BCUT2D eigenvalue weighted by molar-refractivity contribution is 0.397. The Bertz CT molecular complexity index is 821. The maximum atomic E-state index is 10.3. The number of ether oxygens (including phenoxy) is 1. The highest BCUT2D eigenvalue weighted by molar-refractivity contribution is 5.73. The predicted octanol–water partition coefficient (Wildman–Crippen LogP) is 2.36. The molecular weight excluding hydrogens is 294 g/mol. The van der Waals surface area contributed by atoms with Crippen LogP contribution >= 0.6 is 0 Å². The Labute approximate surface area is 133 Å². The first kappa shape index (κ1) is 14.7. The van der Waals surface area contributed by atoms with Crippen LogP contribution < -0.4 is 10.1 Å². The number of anilines is 1. The van der Waals surface area contributed by atoms with Crippen molar-refractivity contribution in [3.05, 3.63) is 42.7 Å². The average Bonchev–Trinajstić information content (AvgIpc) is 2.62. The predicted molar refractivity (Wildman–Crippen MR) is 86.3 cm³/mol. The highest BCUT2D eigenvalue weighted by Gasteiger charge is 2.10. The third-order valence-electron chi connectivity index (χ3n) is 3.34. The van der Waals surface area contributed by atoms with Gasteiger partial charge in [-0.25, -0.2) is 9.97 Å². The quantitative estimate of drug-likeness (QED) is 0.764. The molecule has 0 fully saturated rings. The van der Waals surface area contributed by atoms with Crippen molar-refractivity contribution in [3.63, 3.8) is 0 Å². The normalized spacial score (nSPS) is 10.3. The molecule has 116 valence electrons. The Morgan fingerprint density at radius 3 is 2.52 bits per heavy atom. The van der Waals surface area contributed by atoms with E-state index in [1.165, 1.54) is 6.33 Å². The largest absolute Gasteiger partial charge is 0.507 e. The van der Waals surface area contributed by atoms with E-state index in [1.54, 1.807) is 44.5 Å². The topological polar surface area (TPSA) is 93.0 Å². The molecule has 0 saturated carbocycles. The van der Waals surface area contributed by atoms with Gasteiger partial charge in [0.15, 0.2) is 0 Å². The van der Waals surface area contributed by atoms with Gasteiger partial charge in [0.05, 0.1) is 18.5 Å². The number of rotatable bonds is 4. The van der Waals surface area contributed by atoms with E-state index >= 15 is 0 Å². The summed E-state index contributed by atoms with van der Waals surface area (Å²) >= 11 is 0. The molecule has 0 radical (unpaired) electrons. The lowest BCUT2D eigenvalue weighted by atomic mass is 10.1. The number of phenols is 1. The molecule has 3 rings (SSSR count). The molecule has 7 heteroatoms. The fourth-order valence-electron chi connectivity index (χ4n) is 2.13. The first-order chi connectivity index (χ1) is 11.2. The molecule has 7 nitrogen and oxygen atoms in total. The maximum absolute atomic E-state index is 10.3. The molecule has 0 spiro atoms. The molecule has 0 saturated heterocycles. The van der Waals surface area contributed by atoms with Crippen molar-refractivity contribution in [1.82, 2.24) is 20.2 Å². The van der Waals surface area contributed by atoms with Crippen LogP contribution in [0, 0.1) is 0 Å². The minimum absolute atomic E-state index is 0.103. The van der Waals surface area contributed by atoms with E-state index < -0.39 is 0 Å². The molecule has 23 heavy (non-hydrogen) atoms. The van der Waals surface area contributed by atoms with Crippen molar-refractivity contribution in [2.75, 3.05) is 19.5 Å². The van der Waals surface area contributed by atoms with Gasteiger partial charge < -0.3 is 15.2 Å². The summed E-state index contributed by atoms with van der Waals surface area (Å²) in [5.41, 5.74) is 2.61. The molecule has 2 aromatic heterocycles. The highest BCUT2D eigenvalue weighted by Crippen LogP contribution is 2.32. The van der Waals surface area contributed by atoms with Crippen LogP contribution in [0.25, 0.3) is 22.5 Å². The van der Waals surface area contributed by atoms with Crippen LogP contribution in [0.15, 0.2) is 42.7 Å². The standard InChI is InChI=1S/C16H15N5O2/c1-17-15-6-5-12(20-21-15)11-4-3-10(7-14(11)22)13-8-16(23-2)19-9-18-13/h3-9,22H,1-2H3,(H,17,21). The van der Waals surface area contributed by atoms with E-state index in [9.17, 15) is 5.11 Å². The van der Waals surface area contributed by atoms with Gasteiger partial charge in [-0.2, -0.15) is 0 Å². The highest BCUT2D eigenvalue weighted by atomic mass is 16.5. The third-order valence-corrected chi connectivity index (χ3v) is 3.34. The monoisotopic (exact) mass is 309 g/mol. The number of nitrogens with one attached hydrogen (secondary N) is 1. The Morgan fingerprint density at radius 2 is 1.87 bits per heavy atom. The summed E-state index contributed by atoms with van der Waals surface area (Å²) in [6.45, 7) is 0. The number of phenolic OH excluding ortho intramolecular Hbond substituents is 1. The molecular formula is C16H15N5O2. The van der Waals surface area contributed by atoms with Gasteiger partial charge >= 0.3 is 0 Å². The SMILES string of the molecule is CNc1ccc(-c2ccc(-c3cc(OC)ncn3)cc2O)nn1. The minimum Gasteiger partial charge on any atom is -0.507 e. The Hall–Kier alpha value is -3.22. The van der Waals surface area contributed by atoms with Crippen LogP contribution in [0.4, 0.5) is 5.82 Å². The molecule has 2 heterocycles. The van der Waals surface area contributed by atoms with E-state index in [-0.39, 0.29) is 5.75 Å². The molecule has 0 amide bonds. The smallest absolute Gasteiger partial charge is 0.216 e. The van der Waals surface area contributed by atoms with Gasteiger partial charge in [-0.1, -0.05) is 6.07 Å². The van der Waals surface area contributed by atoms with Crippen molar-refractivity contribution in [2.24, 2.45) is 0 Å². The Morgan fingerprint density at radius 1 is 1.00 bits per heavy atom. The van der Waals surface area contributed by atoms with Crippen LogP contribution in [-0.2, 0) is 0 Å². The summed E-state index contributed by atoms with van der Waals surface area (Å²) in [5.74, 6) is 1.23. The second-order valence-corrected chi connectivity index (χ2v) is 4.73. The van der Waals surface area contributed by atoms with Gasteiger partial charge in [0.25, 0.3) is 0 Å². The van der Waals surface area contributed by atoms with Crippen molar-refractivity contribution in [2.45, 2.75) is 0 Å². The zero-order valence-corrected chi connectivity index (χ0v) is 12.7. The summed E-state index contributed by atoms with van der Waals surface area (Å²) in [6, 6.07) is 10.6. The van der Waals surface area contributed by atoms with Crippen molar-refractivity contribution in [3.8, 4) is 34.1 Å². The van der Waals surface area contributed by atoms with Crippen LogP contribution in [0.2, 0.25) is 0 Å². The molecule has 3 aromatic rings. The van der Waals surface area contributed by atoms with Crippen LogP contribution in [0.1, 0.15) is 0 Å². The third kappa shape index (κ3) is 3.03. The van der Waals surface area contributed by atoms with E-state index in [2.05, 4.69) is 25.5 Å². The average molecular weight is 309 g/mol. The van der Waals surface area contributed by atoms with Crippen LogP contribution in [-0.4, -0.2) is 39.4 Å². The first-order valence-electron chi connectivity index (χ1n) is 6.92. The van der Waals surface area contributed by atoms with Gasteiger partial charge in [-0.3, -0.25) is 0 Å². The fourth-order valence-corrected chi connectivity index (χ4v) is 2.13. The number of aromatic nitrogens is 4. The zero-order valence-electron chi connectivity index (χ0n) is 12.7. The lowest BCUT2D eigenvalue weighted by Crippen LogP contribution is -1.95. The van der Waals surface area contributed by atoms with E-state index in [0.29, 0.717) is 28.6 Å². The number of aromatic hydroxyl groups is 1. The molecule has 0 unspecified atom stereocenters. The molecule has 0 aliphatic heterocycles. The molecule has 2 N–H and O–H groups in total. The van der Waals surface area contributed by atoms with Crippen molar-refractivity contribution in [1.29, 1.82) is 0 Å². The van der Waals surface area contributed by atoms with Crippen LogP contribution in [0.5, 0.6) is 11.6 Å². The minimum atomic E-state index is 0.103. The maximum Gasteiger partial charge on any atom is 0.216 e. The van der Waals surface area contributed by atoms with E-state index in [4.69, 9.17) is 4.74 Å². The molecule has 1 aromatic carbocycles. The molecule has 0 bridgehead atoms. The van der Waals surface area contributed by atoms with Gasteiger partial charge in [-0.05, 0) is 24.3 Å². The molecule has 0 atom stereocenters. The Balaban J connectivity index is 1.96. The van der Waals surface area contributed by atoms with Gasteiger partial charge in [0.2, 0.25) is 5.88 Å². The van der Waals surface area contributed by atoms with Crippen molar-refractivity contribution >= 4 is 5.82 Å². The van der Waals surface area contributed by atoms with Crippen LogP contribution in [0.3, 0.4) is 0 Å². The zero-order chi connectivity index (χ0) is 16.2. The van der Waals surface area contributed by atoms with Gasteiger partial charge in [0, 0.05) is 24.2 Å². The number of benzene rings is 1. The number of hydrogen-bond donors (Lipinski definition) is 2. The second-order valence-electron chi connectivity index (χ2n) is 4.73. The fraction of sp³-hybridized carbons (Fsp3) is 0.125. The molecule has 0 aliphatic carbocycles. The summed E-state index contributed by atoms with van der Waals surface area (Å²) in [6.07, 6.45) is 1.42. The second kappa shape index (κ2) is 6.27. The van der Waals surface area contributed by atoms with E-state index in [0.717, 1.165) is 5.56 Å². The number of nitrogens with zero attached hydrogens (tertiary/aromatic N) is 4. The summed E-state index contributed by atoms with van der Waals surface area (Å²) < 4.78 is 5.08. The van der Waals surface area contributed by atoms with Crippen molar-refractivity contribution < 1.29 is 9.84 Å². The summed E-state index contributed by atoms with van der Waals surface area (Å²) in [4.78, 5) is 8.15. The summed E-state index contributed by atoms with van der Waals surface area (Å²) in [7, 11) is 3.31. The summed E-state index contributed by atoms with van der Waals surface area (Å²) in [5, 5.41) is 21.3. The van der Waals surface area contributed by atoms with Gasteiger partial charge in [-0.15, -0.1) is 10.2 Å². The number of hydrogen-bond acceptors (Lipinski definition) is 7.